The summed E-state index contributed by atoms with van der Waals surface area (Å²) in [4.78, 5) is 11.9. The van der Waals surface area contributed by atoms with E-state index in [1.54, 1.807) is 0 Å². The van der Waals surface area contributed by atoms with Crippen LogP contribution in [0.3, 0.4) is 0 Å². The number of ether oxygens (including phenoxy) is 1. The van der Waals surface area contributed by atoms with E-state index in [0.717, 1.165) is 12.1 Å². The van der Waals surface area contributed by atoms with Crippen molar-refractivity contribution in [2.24, 2.45) is 0 Å². The number of rotatable bonds is 5. The molecular formula is C21H22F3NO2. The summed E-state index contributed by atoms with van der Waals surface area (Å²) in [5.41, 5.74) is 0.570. The van der Waals surface area contributed by atoms with Crippen molar-refractivity contribution in [3.8, 4) is 5.75 Å². The Kier molecular flexibility index (Phi) is 6.04. The number of halogens is 3. The van der Waals surface area contributed by atoms with Gasteiger partial charge in [-0.25, -0.2) is 0 Å². The molecule has 6 heteroatoms. The van der Waals surface area contributed by atoms with Crippen molar-refractivity contribution in [2.75, 3.05) is 11.9 Å². The summed E-state index contributed by atoms with van der Waals surface area (Å²) in [5.74, 6) is 0.649. The number of alkyl halides is 3. The molecule has 0 saturated heterocycles. The molecule has 0 bridgehead atoms. The van der Waals surface area contributed by atoms with Gasteiger partial charge in [0.15, 0.2) is 6.61 Å². The molecule has 1 saturated carbocycles. The van der Waals surface area contributed by atoms with Gasteiger partial charge >= 0.3 is 6.18 Å². The summed E-state index contributed by atoms with van der Waals surface area (Å²) in [6.45, 7) is -0.265. The molecule has 27 heavy (non-hydrogen) atoms. The Morgan fingerprint density at radius 2 is 1.74 bits per heavy atom. The molecule has 1 aliphatic carbocycles. The average Bonchev–Trinajstić information content (AvgIpc) is 2.67. The Balaban J connectivity index is 1.52. The van der Waals surface area contributed by atoms with Gasteiger partial charge in [-0.3, -0.25) is 4.79 Å². The van der Waals surface area contributed by atoms with Gasteiger partial charge in [0.05, 0.1) is 5.56 Å². The molecule has 0 aromatic heterocycles. The quantitative estimate of drug-likeness (QED) is 0.718. The van der Waals surface area contributed by atoms with Gasteiger partial charge in [-0.05, 0) is 54.7 Å². The summed E-state index contributed by atoms with van der Waals surface area (Å²) in [5, 5.41) is 2.42. The van der Waals surface area contributed by atoms with E-state index in [-0.39, 0.29) is 12.3 Å². The summed E-state index contributed by atoms with van der Waals surface area (Å²) < 4.78 is 43.6. The van der Waals surface area contributed by atoms with Crippen molar-refractivity contribution >= 4 is 11.6 Å². The number of amides is 1. The lowest BCUT2D eigenvalue weighted by molar-refractivity contribution is -0.137. The number of hydrogen-bond acceptors (Lipinski definition) is 2. The fourth-order valence-corrected chi connectivity index (χ4v) is 3.39. The monoisotopic (exact) mass is 377 g/mol. The largest absolute Gasteiger partial charge is 0.484 e. The molecule has 1 fully saturated rings. The molecule has 0 spiro atoms. The lowest BCUT2D eigenvalue weighted by Crippen LogP contribution is -2.20. The van der Waals surface area contributed by atoms with Gasteiger partial charge in [0.25, 0.3) is 5.91 Å². The molecule has 2 aromatic rings. The van der Waals surface area contributed by atoms with Crippen molar-refractivity contribution in [1.29, 1.82) is 0 Å². The number of hydrogen-bond donors (Lipinski definition) is 1. The van der Waals surface area contributed by atoms with Crippen LogP contribution in [0.25, 0.3) is 0 Å². The molecule has 1 aliphatic rings. The molecular weight excluding hydrogens is 355 g/mol. The third-order valence-electron chi connectivity index (χ3n) is 4.80. The lowest BCUT2D eigenvalue weighted by atomic mass is 9.84. The first-order valence-corrected chi connectivity index (χ1v) is 9.12. The van der Waals surface area contributed by atoms with E-state index >= 15 is 0 Å². The van der Waals surface area contributed by atoms with Crippen LogP contribution in [0.2, 0.25) is 0 Å². The van der Waals surface area contributed by atoms with E-state index in [1.807, 2.05) is 24.3 Å². The highest BCUT2D eigenvalue weighted by molar-refractivity contribution is 5.91. The van der Waals surface area contributed by atoms with Gasteiger partial charge in [0, 0.05) is 5.69 Å². The zero-order valence-corrected chi connectivity index (χ0v) is 14.9. The molecule has 3 nitrogen and oxygen atoms in total. The molecule has 2 aromatic carbocycles. The number of anilines is 1. The van der Waals surface area contributed by atoms with Crippen molar-refractivity contribution in [2.45, 2.75) is 44.2 Å². The van der Waals surface area contributed by atoms with Crippen LogP contribution in [-0.2, 0) is 11.0 Å². The third-order valence-corrected chi connectivity index (χ3v) is 4.80. The Hall–Kier alpha value is -2.50. The van der Waals surface area contributed by atoms with Crippen molar-refractivity contribution in [1.82, 2.24) is 0 Å². The maximum atomic E-state index is 12.7. The number of carbonyl (C=O) groups is 1. The molecule has 144 valence electrons. The van der Waals surface area contributed by atoms with Crippen LogP contribution in [0.5, 0.6) is 5.75 Å². The normalized spacial score (nSPS) is 15.4. The maximum Gasteiger partial charge on any atom is 0.416 e. The Morgan fingerprint density at radius 1 is 1.04 bits per heavy atom. The summed E-state index contributed by atoms with van der Waals surface area (Å²) in [7, 11) is 0. The van der Waals surface area contributed by atoms with E-state index in [9.17, 15) is 18.0 Å². The second-order valence-corrected chi connectivity index (χ2v) is 6.82. The minimum Gasteiger partial charge on any atom is -0.484 e. The van der Waals surface area contributed by atoms with Gasteiger partial charge in [0.1, 0.15) is 5.75 Å². The Morgan fingerprint density at radius 3 is 2.41 bits per heavy atom. The van der Waals surface area contributed by atoms with Crippen molar-refractivity contribution in [3.05, 3.63) is 59.7 Å². The van der Waals surface area contributed by atoms with E-state index in [0.29, 0.717) is 11.7 Å². The first-order chi connectivity index (χ1) is 12.9. The molecule has 1 amide bonds. The number of benzene rings is 2. The van der Waals surface area contributed by atoms with Crippen LogP contribution >= 0.6 is 0 Å². The van der Waals surface area contributed by atoms with Crippen LogP contribution in [0, 0.1) is 0 Å². The Labute approximate surface area is 156 Å². The van der Waals surface area contributed by atoms with Gasteiger partial charge < -0.3 is 10.1 Å². The highest BCUT2D eigenvalue weighted by atomic mass is 19.4. The lowest BCUT2D eigenvalue weighted by Gasteiger charge is -2.22. The molecule has 3 rings (SSSR count). The van der Waals surface area contributed by atoms with Crippen LogP contribution < -0.4 is 10.1 Å². The first-order valence-electron chi connectivity index (χ1n) is 9.12. The highest BCUT2D eigenvalue weighted by Gasteiger charge is 2.30. The van der Waals surface area contributed by atoms with Gasteiger partial charge in [-0.1, -0.05) is 37.5 Å². The second kappa shape index (κ2) is 8.46. The van der Waals surface area contributed by atoms with Gasteiger partial charge in [-0.2, -0.15) is 13.2 Å². The van der Waals surface area contributed by atoms with Crippen LogP contribution in [0.4, 0.5) is 18.9 Å². The van der Waals surface area contributed by atoms with Crippen molar-refractivity contribution < 1.29 is 22.7 Å². The Bertz CT molecular complexity index is 766. The molecule has 0 aliphatic heterocycles. The molecule has 1 N–H and O–H groups in total. The smallest absolute Gasteiger partial charge is 0.416 e. The SMILES string of the molecule is O=C(COc1ccc(C2CCCCC2)cc1)Nc1cccc(C(F)(F)F)c1. The zero-order valence-electron chi connectivity index (χ0n) is 14.9. The topological polar surface area (TPSA) is 38.3 Å². The van der Waals surface area contributed by atoms with E-state index < -0.39 is 17.6 Å². The highest BCUT2D eigenvalue weighted by Crippen LogP contribution is 2.33. The maximum absolute atomic E-state index is 12.7. The summed E-state index contributed by atoms with van der Waals surface area (Å²) in [6.07, 6.45) is 1.80. The number of nitrogens with one attached hydrogen (secondary N) is 1. The van der Waals surface area contributed by atoms with Gasteiger partial charge in [-0.15, -0.1) is 0 Å². The van der Waals surface area contributed by atoms with Gasteiger partial charge in [0.2, 0.25) is 0 Å². The predicted molar refractivity (Wildman–Crippen MR) is 97.8 cm³/mol. The zero-order chi connectivity index (χ0) is 19.3. The third kappa shape index (κ3) is 5.49. The molecule has 0 unspecified atom stereocenters. The van der Waals surface area contributed by atoms with E-state index in [2.05, 4.69) is 5.32 Å². The fourth-order valence-electron chi connectivity index (χ4n) is 3.39. The first kappa shape index (κ1) is 19.3. The average molecular weight is 377 g/mol. The second-order valence-electron chi connectivity index (χ2n) is 6.82. The van der Waals surface area contributed by atoms with E-state index in [1.165, 1.54) is 49.8 Å². The van der Waals surface area contributed by atoms with Crippen molar-refractivity contribution in [3.63, 3.8) is 0 Å². The minimum absolute atomic E-state index is 0.0890. The molecule has 0 atom stereocenters. The fraction of sp³-hybridized carbons (Fsp3) is 0.381. The van der Waals surface area contributed by atoms with E-state index in [4.69, 9.17) is 4.74 Å². The summed E-state index contributed by atoms with van der Waals surface area (Å²) >= 11 is 0. The van der Waals surface area contributed by atoms with Crippen LogP contribution in [-0.4, -0.2) is 12.5 Å². The minimum atomic E-state index is -4.45. The molecule has 0 radical (unpaired) electrons. The standard InChI is InChI=1S/C21H22F3NO2/c22-21(23,24)17-7-4-8-18(13-17)25-20(26)14-27-19-11-9-16(10-12-19)15-5-2-1-3-6-15/h4,7-13,15H,1-3,5-6,14H2,(H,25,26). The number of carbonyl (C=O) groups excluding carboxylic acids is 1. The van der Waals surface area contributed by atoms with Crippen LogP contribution in [0.15, 0.2) is 48.5 Å². The predicted octanol–water partition coefficient (Wildman–Crippen LogP) is 5.77. The summed E-state index contributed by atoms with van der Waals surface area (Å²) in [6, 6.07) is 12.2. The van der Waals surface area contributed by atoms with Crippen LogP contribution in [0.1, 0.15) is 49.1 Å². The molecule has 0 heterocycles.